The van der Waals surface area contributed by atoms with E-state index >= 15 is 0 Å². The molecule has 0 aliphatic carbocycles. The molecule has 0 saturated heterocycles. The molecule has 0 unspecified atom stereocenters. The second kappa shape index (κ2) is 7.05. The van der Waals surface area contributed by atoms with Crippen molar-refractivity contribution >= 4 is 21.5 Å². The maximum absolute atomic E-state index is 12.5. The number of ketones is 1. The molecule has 0 saturated carbocycles. The molecule has 2 aromatic rings. The van der Waals surface area contributed by atoms with Crippen LogP contribution in [0.4, 0.5) is 5.69 Å². The van der Waals surface area contributed by atoms with Gasteiger partial charge in [-0.25, -0.2) is 8.42 Å². The Hall–Kier alpha value is -2.34. The highest BCUT2D eigenvalue weighted by Gasteiger charge is 2.16. The van der Waals surface area contributed by atoms with Crippen LogP contribution >= 0.6 is 0 Å². The molecule has 128 valence electrons. The van der Waals surface area contributed by atoms with Gasteiger partial charge in [0.05, 0.1) is 12.0 Å². The van der Waals surface area contributed by atoms with Crippen molar-refractivity contribution in [3.05, 3.63) is 53.6 Å². The van der Waals surface area contributed by atoms with Crippen molar-refractivity contribution in [1.82, 2.24) is 0 Å². The molecule has 0 fully saturated rings. The molecule has 0 aliphatic rings. The van der Waals surface area contributed by atoms with Crippen molar-refractivity contribution < 1.29 is 17.9 Å². The fourth-order valence-electron chi connectivity index (χ4n) is 2.33. The summed E-state index contributed by atoms with van der Waals surface area (Å²) >= 11 is 0. The number of carbonyl (C=O) groups is 1. The van der Waals surface area contributed by atoms with Gasteiger partial charge in [-0.3, -0.25) is 9.52 Å². The Morgan fingerprint density at radius 2 is 1.71 bits per heavy atom. The van der Waals surface area contributed by atoms with Crippen molar-refractivity contribution in [2.24, 2.45) is 0 Å². The largest absolute Gasteiger partial charge is 0.496 e. The van der Waals surface area contributed by atoms with Crippen LogP contribution in [0.25, 0.3) is 0 Å². The summed E-state index contributed by atoms with van der Waals surface area (Å²) in [5, 5.41) is 0. The first kappa shape index (κ1) is 18.0. The third kappa shape index (κ3) is 3.94. The van der Waals surface area contributed by atoms with Gasteiger partial charge in [0.2, 0.25) is 0 Å². The molecule has 5 nitrogen and oxygen atoms in total. The van der Waals surface area contributed by atoms with Gasteiger partial charge in [-0.05, 0) is 48.7 Å². The molecule has 0 heterocycles. The number of Topliss-reactive ketones (excluding diaryl/α,β-unsaturated/α-hetero) is 1. The molecule has 0 aliphatic heterocycles. The zero-order valence-electron chi connectivity index (χ0n) is 14.2. The van der Waals surface area contributed by atoms with Crippen LogP contribution in [0, 0.1) is 0 Å². The van der Waals surface area contributed by atoms with E-state index in [-0.39, 0.29) is 16.6 Å². The number of ether oxygens (including phenoxy) is 1. The molecular weight excluding hydrogens is 326 g/mol. The summed E-state index contributed by atoms with van der Waals surface area (Å²) in [5.41, 5.74) is 1.86. The molecule has 2 rings (SSSR count). The lowest BCUT2D eigenvalue weighted by atomic mass is 10.0. The molecule has 0 radical (unpaired) electrons. The number of methoxy groups -OCH3 is 1. The predicted molar refractivity (Wildman–Crippen MR) is 94.3 cm³/mol. The molecule has 0 aromatic heterocycles. The van der Waals surface area contributed by atoms with Crippen LogP contribution in [0.1, 0.15) is 42.6 Å². The van der Waals surface area contributed by atoms with E-state index in [0.717, 1.165) is 11.3 Å². The second-order valence-corrected chi connectivity index (χ2v) is 7.48. The Morgan fingerprint density at radius 3 is 2.21 bits per heavy atom. The monoisotopic (exact) mass is 347 g/mol. The summed E-state index contributed by atoms with van der Waals surface area (Å²) in [4.78, 5) is 11.4. The van der Waals surface area contributed by atoms with Crippen LogP contribution in [-0.4, -0.2) is 21.3 Å². The van der Waals surface area contributed by atoms with Gasteiger partial charge < -0.3 is 4.74 Å². The number of hydrogen-bond acceptors (Lipinski definition) is 4. The topological polar surface area (TPSA) is 72.5 Å². The van der Waals surface area contributed by atoms with Gasteiger partial charge in [0.15, 0.2) is 5.78 Å². The summed E-state index contributed by atoms with van der Waals surface area (Å²) in [6, 6.07) is 11.0. The first-order valence-corrected chi connectivity index (χ1v) is 9.04. The smallest absolute Gasteiger partial charge is 0.261 e. The van der Waals surface area contributed by atoms with E-state index < -0.39 is 10.0 Å². The molecule has 0 amide bonds. The molecular formula is C18H21NO4S. The average molecular weight is 347 g/mol. The SMILES string of the molecule is COc1ccc(NS(=O)(=O)c2ccc(C(C)=O)cc2)cc1C(C)C. The van der Waals surface area contributed by atoms with Crippen LogP contribution in [0.15, 0.2) is 47.4 Å². The Kier molecular flexibility index (Phi) is 5.29. The number of hydrogen-bond donors (Lipinski definition) is 1. The third-order valence-electron chi connectivity index (χ3n) is 3.68. The van der Waals surface area contributed by atoms with E-state index in [0.29, 0.717) is 11.3 Å². The average Bonchev–Trinajstić information content (AvgIpc) is 2.54. The first-order chi connectivity index (χ1) is 11.2. The summed E-state index contributed by atoms with van der Waals surface area (Å²) in [7, 11) is -2.13. The Labute approximate surface area is 142 Å². The number of carbonyl (C=O) groups excluding carboxylic acids is 1. The summed E-state index contributed by atoms with van der Waals surface area (Å²) < 4.78 is 32.8. The molecule has 24 heavy (non-hydrogen) atoms. The van der Waals surface area contributed by atoms with E-state index in [2.05, 4.69) is 4.72 Å². The van der Waals surface area contributed by atoms with Gasteiger partial charge in [0.1, 0.15) is 5.75 Å². The summed E-state index contributed by atoms with van der Waals surface area (Å²) in [6.07, 6.45) is 0. The van der Waals surface area contributed by atoms with Crippen molar-refractivity contribution in [2.45, 2.75) is 31.6 Å². The van der Waals surface area contributed by atoms with Crippen LogP contribution in [0.3, 0.4) is 0 Å². The lowest BCUT2D eigenvalue weighted by Crippen LogP contribution is -2.13. The van der Waals surface area contributed by atoms with E-state index in [9.17, 15) is 13.2 Å². The molecule has 0 bridgehead atoms. The van der Waals surface area contributed by atoms with Gasteiger partial charge in [-0.15, -0.1) is 0 Å². The van der Waals surface area contributed by atoms with E-state index in [4.69, 9.17) is 4.74 Å². The quantitative estimate of drug-likeness (QED) is 0.806. The number of sulfonamides is 1. The van der Waals surface area contributed by atoms with E-state index in [1.54, 1.807) is 25.3 Å². The minimum atomic E-state index is -3.72. The van der Waals surface area contributed by atoms with Crippen molar-refractivity contribution in [1.29, 1.82) is 0 Å². The lowest BCUT2D eigenvalue weighted by Gasteiger charge is -2.15. The molecule has 1 N–H and O–H groups in total. The fraction of sp³-hybridized carbons (Fsp3) is 0.278. The van der Waals surface area contributed by atoms with Crippen molar-refractivity contribution in [2.75, 3.05) is 11.8 Å². The number of nitrogens with one attached hydrogen (secondary N) is 1. The van der Waals surface area contributed by atoms with Crippen molar-refractivity contribution in [3.63, 3.8) is 0 Å². The molecule has 2 aromatic carbocycles. The zero-order valence-corrected chi connectivity index (χ0v) is 15.0. The standard InChI is InChI=1S/C18H21NO4S/c1-12(2)17-11-15(7-10-18(17)23-4)19-24(21,22)16-8-5-14(6-9-16)13(3)20/h5-12,19H,1-4H3. The van der Waals surface area contributed by atoms with Crippen molar-refractivity contribution in [3.8, 4) is 5.75 Å². The Bertz CT molecular complexity index is 840. The van der Waals surface area contributed by atoms with Gasteiger partial charge in [0.25, 0.3) is 10.0 Å². The maximum Gasteiger partial charge on any atom is 0.261 e. The zero-order chi connectivity index (χ0) is 17.9. The first-order valence-electron chi connectivity index (χ1n) is 7.56. The highest BCUT2D eigenvalue weighted by atomic mass is 32.2. The highest BCUT2D eigenvalue weighted by molar-refractivity contribution is 7.92. The predicted octanol–water partition coefficient (Wildman–Crippen LogP) is 3.82. The van der Waals surface area contributed by atoms with E-state index in [1.165, 1.54) is 31.2 Å². The van der Waals surface area contributed by atoms with E-state index in [1.807, 2.05) is 13.8 Å². The number of rotatable bonds is 6. The highest BCUT2D eigenvalue weighted by Crippen LogP contribution is 2.30. The third-order valence-corrected chi connectivity index (χ3v) is 5.07. The maximum atomic E-state index is 12.5. The van der Waals surface area contributed by atoms with Gasteiger partial charge in [-0.2, -0.15) is 0 Å². The van der Waals surface area contributed by atoms with Crippen LogP contribution in [-0.2, 0) is 10.0 Å². The van der Waals surface area contributed by atoms with Gasteiger partial charge >= 0.3 is 0 Å². The van der Waals surface area contributed by atoms with Crippen LogP contribution in [0.2, 0.25) is 0 Å². The van der Waals surface area contributed by atoms with Gasteiger partial charge in [0, 0.05) is 11.3 Å². The minimum Gasteiger partial charge on any atom is -0.496 e. The fourth-order valence-corrected chi connectivity index (χ4v) is 3.38. The van der Waals surface area contributed by atoms with Crippen LogP contribution in [0.5, 0.6) is 5.75 Å². The molecule has 0 spiro atoms. The minimum absolute atomic E-state index is 0.106. The second-order valence-electron chi connectivity index (χ2n) is 5.80. The number of benzene rings is 2. The summed E-state index contributed by atoms with van der Waals surface area (Å²) in [5.74, 6) is 0.807. The summed E-state index contributed by atoms with van der Waals surface area (Å²) in [6.45, 7) is 5.46. The van der Waals surface area contributed by atoms with Gasteiger partial charge in [-0.1, -0.05) is 26.0 Å². The lowest BCUT2D eigenvalue weighted by molar-refractivity contribution is 0.101. The number of anilines is 1. The van der Waals surface area contributed by atoms with Crippen LogP contribution < -0.4 is 9.46 Å². The Balaban J connectivity index is 2.32. The molecule has 0 atom stereocenters. The molecule has 6 heteroatoms. The Morgan fingerprint density at radius 1 is 1.08 bits per heavy atom. The normalized spacial score (nSPS) is 11.4.